The first-order valence-corrected chi connectivity index (χ1v) is 5.30. The monoisotopic (exact) mass is 190 g/mol. The van der Waals surface area contributed by atoms with Gasteiger partial charge in [-0.3, -0.25) is 0 Å². The molecule has 14 heavy (non-hydrogen) atoms. The summed E-state index contributed by atoms with van der Waals surface area (Å²) >= 11 is 0. The Morgan fingerprint density at radius 1 is 1.07 bits per heavy atom. The molecule has 3 heteroatoms. The highest BCUT2D eigenvalue weighted by Gasteiger charge is 2.42. The van der Waals surface area contributed by atoms with Crippen LogP contribution >= 0.6 is 0 Å². The van der Waals surface area contributed by atoms with E-state index in [0.717, 1.165) is 12.8 Å². The Kier molecular flexibility index (Phi) is 2.86. The van der Waals surface area contributed by atoms with Crippen LogP contribution in [0.3, 0.4) is 0 Å². The number of ether oxygens (including phenoxy) is 1. The third kappa shape index (κ3) is 3.05. The van der Waals surface area contributed by atoms with E-state index in [1.165, 1.54) is 0 Å². The number of hydrogen-bond acceptors (Lipinski definition) is 1. The Morgan fingerprint density at radius 2 is 1.43 bits per heavy atom. The molecule has 0 aromatic carbocycles. The van der Waals surface area contributed by atoms with Crippen molar-refractivity contribution in [3.63, 3.8) is 0 Å². The molecule has 1 heterocycles. The molecule has 1 rings (SSSR count). The zero-order valence-electron chi connectivity index (χ0n) is 10.1. The SMILES string of the molecule is [B]C([B])(C)C1CC(C)(C)OC(C)(C)C1. The summed E-state index contributed by atoms with van der Waals surface area (Å²) in [5.74, 6) is 0.321. The largest absolute Gasteiger partial charge is 0.370 e. The van der Waals surface area contributed by atoms with Crippen molar-refractivity contribution in [2.45, 2.75) is 63.9 Å². The van der Waals surface area contributed by atoms with Crippen LogP contribution in [0.25, 0.3) is 0 Å². The lowest BCUT2D eigenvalue weighted by molar-refractivity contribution is -0.174. The molecule has 4 radical (unpaired) electrons. The van der Waals surface area contributed by atoms with Crippen molar-refractivity contribution in [2.24, 2.45) is 5.92 Å². The van der Waals surface area contributed by atoms with Crippen LogP contribution in [0.1, 0.15) is 47.5 Å². The smallest absolute Gasteiger partial charge is 0.0636 e. The highest BCUT2D eigenvalue weighted by Crippen LogP contribution is 2.46. The van der Waals surface area contributed by atoms with Gasteiger partial charge in [-0.1, -0.05) is 12.1 Å². The predicted octanol–water partition coefficient (Wildman–Crippen LogP) is 2.44. The standard InChI is InChI=1S/C11H20B2O/c1-9(2)6-8(11(5,12)13)7-10(3,4)14-9/h8H,6-7H2,1-5H3. The number of rotatable bonds is 1. The predicted molar refractivity (Wildman–Crippen MR) is 61.8 cm³/mol. The Bertz CT molecular complexity index is 200. The van der Waals surface area contributed by atoms with E-state index in [4.69, 9.17) is 20.4 Å². The Labute approximate surface area is 90.8 Å². The van der Waals surface area contributed by atoms with Crippen molar-refractivity contribution < 1.29 is 4.74 Å². The molecule has 1 aliphatic rings. The molecule has 1 saturated heterocycles. The molecule has 1 fully saturated rings. The second-order valence-electron chi connectivity index (χ2n) is 6.09. The Hall–Kier alpha value is 0.0899. The average Bonchev–Trinajstić information content (AvgIpc) is 1.76. The van der Waals surface area contributed by atoms with Crippen LogP contribution in [0, 0.1) is 5.92 Å². The molecule has 0 aromatic rings. The molecule has 0 unspecified atom stereocenters. The van der Waals surface area contributed by atoms with Crippen LogP contribution in [0.4, 0.5) is 0 Å². The molecule has 0 amide bonds. The molecule has 1 nitrogen and oxygen atoms in total. The van der Waals surface area contributed by atoms with Gasteiger partial charge < -0.3 is 4.74 Å². The van der Waals surface area contributed by atoms with Gasteiger partial charge in [0.05, 0.1) is 26.9 Å². The summed E-state index contributed by atoms with van der Waals surface area (Å²) in [6.07, 6.45) is 1.86. The molecule has 0 atom stereocenters. The van der Waals surface area contributed by atoms with Gasteiger partial charge >= 0.3 is 0 Å². The fourth-order valence-electron chi connectivity index (χ4n) is 2.53. The van der Waals surface area contributed by atoms with Crippen LogP contribution in [0.2, 0.25) is 5.21 Å². The van der Waals surface area contributed by atoms with Gasteiger partial charge in [0.25, 0.3) is 0 Å². The van der Waals surface area contributed by atoms with Crippen LogP contribution in [0.15, 0.2) is 0 Å². The molecular formula is C11H20B2O. The van der Waals surface area contributed by atoms with Crippen LogP contribution < -0.4 is 0 Å². The number of hydrogen-bond donors (Lipinski definition) is 0. The minimum absolute atomic E-state index is 0.119. The molecule has 0 saturated carbocycles. The van der Waals surface area contributed by atoms with E-state index in [-0.39, 0.29) is 11.2 Å². The van der Waals surface area contributed by atoms with Gasteiger partial charge in [-0.15, -0.1) is 0 Å². The lowest BCUT2D eigenvalue weighted by Gasteiger charge is -2.49. The third-order valence-corrected chi connectivity index (χ3v) is 2.91. The van der Waals surface area contributed by atoms with E-state index < -0.39 is 5.21 Å². The van der Waals surface area contributed by atoms with E-state index in [0.29, 0.717) is 5.92 Å². The van der Waals surface area contributed by atoms with Crippen molar-refractivity contribution in [1.82, 2.24) is 0 Å². The summed E-state index contributed by atoms with van der Waals surface area (Å²) in [6, 6.07) is 0. The quantitative estimate of drug-likeness (QED) is 0.577. The van der Waals surface area contributed by atoms with Gasteiger partial charge in [0.15, 0.2) is 0 Å². The first-order chi connectivity index (χ1) is 6.02. The van der Waals surface area contributed by atoms with Gasteiger partial charge in [-0.05, 0) is 46.5 Å². The fraction of sp³-hybridized carbons (Fsp3) is 1.00. The first kappa shape index (κ1) is 12.2. The highest BCUT2D eigenvalue weighted by molar-refractivity contribution is 6.39. The van der Waals surface area contributed by atoms with Gasteiger partial charge in [0, 0.05) is 0 Å². The van der Waals surface area contributed by atoms with Crippen molar-refractivity contribution in [2.75, 3.05) is 0 Å². The summed E-state index contributed by atoms with van der Waals surface area (Å²) in [4.78, 5) is 0. The van der Waals surface area contributed by atoms with Crippen LogP contribution in [-0.4, -0.2) is 26.9 Å². The first-order valence-electron chi connectivity index (χ1n) is 5.30. The maximum atomic E-state index is 5.98. The van der Waals surface area contributed by atoms with Crippen molar-refractivity contribution in [1.29, 1.82) is 0 Å². The summed E-state index contributed by atoms with van der Waals surface area (Å²) in [7, 11) is 11.9. The minimum Gasteiger partial charge on any atom is -0.370 e. The lowest BCUT2D eigenvalue weighted by Crippen LogP contribution is -2.48. The lowest BCUT2D eigenvalue weighted by atomic mass is 9.46. The maximum Gasteiger partial charge on any atom is 0.0636 e. The summed E-state index contributed by atoms with van der Waals surface area (Å²) in [5.41, 5.74) is -0.237. The zero-order valence-corrected chi connectivity index (χ0v) is 10.1. The Morgan fingerprint density at radius 3 is 1.71 bits per heavy atom. The third-order valence-electron chi connectivity index (χ3n) is 2.91. The van der Waals surface area contributed by atoms with Gasteiger partial charge in [-0.25, -0.2) is 0 Å². The zero-order chi connectivity index (χ0) is 11.2. The second kappa shape index (κ2) is 3.30. The van der Waals surface area contributed by atoms with E-state index in [2.05, 4.69) is 27.7 Å². The summed E-state index contributed by atoms with van der Waals surface area (Å²) < 4.78 is 5.98. The molecule has 0 N–H and O–H groups in total. The molecule has 76 valence electrons. The van der Waals surface area contributed by atoms with Crippen molar-refractivity contribution in [3.05, 3.63) is 0 Å². The normalized spacial score (nSPS) is 27.5. The Balaban J connectivity index is 2.82. The average molecular weight is 190 g/mol. The van der Waals surface area contributed by atoms with Gasteiger partial charge in [0.2, 0.25) is 0 Å². The second-order valence-corrected chi connectivity index (χ2v) is 6.09. The highest BCUT2D eigenvalue weighted by atomic mass is 16.5. The molecule has 0 spiro atoms. The van der Waals surface area contributed by atoms with E-state index >= 15 is 0 Å². The van der Waals surface area contributed by atoms with Gasteiger partial charge in [0.1, 0.15) is 0 Å². The van der Waals surface area contributed by atoms with Crippen LogP contribution in [0.5, 0.6) is 0 Å². The summed E-state index contributed by atoms with van der Waals surface area (Å²) in [6.45, 7) is 10.3. The minimum atomic E-state index is -0.599. The molecule has 0 bridgehead atoms. The topological polar surface area (TPSA) is 9.23 Å². The van der Waals surface area contributed by atoms with Crippen molar-refractivity contribution >= 4 is 15.7 Å². The van der Waals surface area contributed by atoms with Crippen LogP contribution in [-0.2, 0) is 4.74 Å². The maximum absolute atomic E-state index is 5.98. The van der Waals surface area contributed by atoms with E-state index in [1.807, 2.05) is 6.92 Å². The fourth-order valence-corrected chi connectivity index (χ4v) is 2.53. The molecule has 1 aliphatic heterocycles. The van der Waals surface area contributed by atoms with E-state index in [1.54, 1.807) is 0 Å². The molecular weight excluding hydrogens is 170 g/mol. The van der Waals surface area contributed by atoms with Crippen molar-refractivity contribution in [3.8, 4) is 0 Å². The molecule has 0 aromatic heterocycles. The molecule has 0 aliphatic carbocycles. The van der Waals surface area contributed by atoms with E-state index in [9.17, 15) is 0 Å². The summed E-state index contributed by atoms with van der Waals surface area (Å²) in [5, 5.41) is -0.599. The van der Waals surface area contributed by atoms with Gasteiger partial charge in [-0.2, -0.15) is 0 Å².